The molecule has 4 heterocycles. The molecule has 3 aromatic rings. The summed E-state index contributed by atoms with van der Waals surface area (Å²) < 4.78 is 16.5. The number of anilines is 2. The summed E-state index contributed by atoms with van der Waals surface area (Å²) >= 11 is 3.24. The highest BCUT2D eigenvalue weighted by Crippen LogP contribution is 2.23. The molecule has 1 aliphatic heterocycles. The largest absolute Gasteiger partial charge is 0.353 e. The number of hydrogen-bond donors (Lipinski definition) is 0. The Kier molecular flexibility index (Phi) is 4.54. The van der Waals surface area contributed by atoms with Gasteiger partial charge in [-0.3, -0.25) is 0 Å². The summed E-state index contributed by atoms with van der Waals surface area (Å²) in [6.45, 7) is 4.74. The molecule has 0 N–H and O–H groups in total. The van der Waals surface area contributed by atoms with Crippen LogP contribution in [-0.2, 0) is 0 Å². The molecule has 0 unspecified atom stereocenters. The molecule has 1 saturated heterocycles. The molecule has 0 amide bonds. The molecule has 3 aromatic heterocycles. The highest BCUT2D eigenvalue weighted by molar-refractivity contribution is 9.10. The number of hydrogen-bond acceptors (Lipinski definition) is 6. The fourth-order valence-corrected chi connectivity index (χ4v) is 3.27. The van der Waals surface area contributed by atoms with Gasteiger partial charge in [0.2, 0.25) is 0 Å². The number of rotatable bonds is 3. The minimum absolute atomic E-state index is 0.314. The monoisotopic (exact) mass is 417 g/mol. The van der Waals surface area contributed by atoms with E-state index in [0.717, 1.165) is 30.4 Å². The molecule has 0 aromatic carbocycles. The van der Waals surface area contributed by atoms with Gasteiger partial charge in [-0.2, -0.15) is 5.10 Å². The number of aryl methyl sites for hydroxylation is 1. The van der Waals surface area contributed by atoms with Crippen molar-refractivity contribution in [3.8, 4) is 5.82 Å². The van der Waals surface area contributed by atoms with Gasteiger partial charge in [0.25, 0.3) is 0 Å². The molecule has 1 fully saturated rings. The van der Waals surface area contributed by atoms with Gasteiger partial charge in [-0.15, -0.1) is 0 Å². The Bertz CT molecular complexity index is 921. The standard InChI is InChI=1S/C17H17BrFN7/c1-12-2-3-26(23-12)16-9-15(21-11-22-16)24-4-6-25(7-5-24)17-14(19)8-13(18)10-20-17/h2-3,8-11H,4-7H2,1H3. The molecule has 0 atom stereocenters. The summed E-state index contributed by atoms with van der Waals surface area (Å²) in [5.41, 5.74) is 0.933. The van der Waals surface area contributed by atoms with Crippen molar-refractivity contribution in [2.45, 2.75) is 6.92 Å². The molecule has 1 aliphatic rings. The zero-order valence-corrected chi connectivity index (χ0v) is 15.8. The van der Waals surface area contributed by atoms with E-state index in [9.17, 15) is 4.39 Å². The van der Waals surface area contributed by atoms with Gasteiger partial charge in [-0.1, -0.05) is 0 Å². The predicted molar refractivity (Wildman–Crippen MR) is 100 cm³/mol. The molecule has 0 aliphatic carbocycles. The van der Waals surface area contributed by atoms with Crippen LogP contribution in [0.1, 0.15) is 5.69 Å². The van der Waals surface area contributed by atoms with Crippen molar-refractivity contribution in [2.24, 2.45) is 0 Å². The first-order valence-corrected chi connectivity index (χ1v) is 9.05. The molecule has 0 radical (unpaired) electrons. The Labute approximate surface area is 158 Å². The summed E-state index contributed by atoms with van der Waals surface area (Å²) in [7, 11) is 0. The Morgan fingerprint density at radius 2 is 1.73 bits per heavy atom. The highest BCUT2D eigenvalue weighted by atomic mass is 79.9. The zero-order chi connectivity index (χ0) is 18.1. The van der Waals surface area contributed by atoms with Crippen LogP contribution in [0.4, 0.5) is 16.0 Å². The topological polar surface area (TPSA) is 63.0 Å². The lowest BCUT2D eigenvalue weighted by molar-refractivity contribution is 0.586. The third-order valence-electron chi connectivity index (χ3n) is 4.29. The van der Waals surface area contributed by atoms with Crippen molar-refractivity contribution in [1.29, 1.82) is 0 Å². The molecule has 0 saturated carbocycles. The van der Waals surface area contributed by atoms with E-state index in [4.69, 9.17) is 0 Å². The molecule has 134 valence electrons. The van der Waals surface area contributed by atoms with Gasteiger partial charge in [-0.05, 0) is 35.0 Å². The predicted octanol–water partition coefficient (Wildman–Crippen LogP) is 2.59. The van der Waals surface area contributed by atoms with E-state index in [1.165, 1.54) is 6.07 Å². The second-order valence-corrected chi connectivity index (χ2v) is 6.98. The zero-order valence-electron chi connectivity index (χ0n) is 14.2. The van der Waals surface area contributed by atoms with Crippen LogP contribution in [0.3, 0.4) is 0 Å². The third-order valence-corrected chi connectivity index (χ3v) is 4.72. The highest BCUT2D eigenvalue weighted by Gasteiger charge is 2.22. The summed E-state index contributed by atoms with van der Waals surface area (Å²) in [6, 6.07) is 5.29. The van der Waals surface area contributed by atoms with E-state index in [2.05, 4.69) is 40.9 Å². The Hall–Kier alpha value is -2.55. The van der Waals surface area contributed by atoms with Crippen molar-refractivity contribution in [2.75, 3.05) is 36.0 Å². The second kappa shape index (κ2) is 6.99. The van der Waals surface area contributed by atoms with Gasteiger partial charge in [-0.25, -0.2) is 24.0 Å². The van der Waals surface area contributed by atoms with E-state index in [0.29, 0.717) is 23.4 Å². The SMILES string of the molecule is Cc1ccn(-c2cc(N3CCN(c4ncc(Br)cc4F)CC3)ncn2)n1. The van der Waals surface area contributed by atoms with E-state index in [1.54, 1.807) is 17.2 Å². The van der Waals surface area contributed by atoms with Crippen molar-refractivity contribution < 1.29 is 4.39 Å². The van der Waals surface area contributed by atoms with Crippen LogP contribution in [0.15, 0.2) is 41.4 Å². The van der Waals surface area contributed by atoms with E-state index >= 15 is 0 Å². The van der Waals surface area contributed by atoms with Crippen LogP contribution in [0, 0.1) is 12.7 Å². The maximum Gasteiger partial charge on any atom is 0.166 e. The first kappa shape index (κ1) is 16.9. The Balaban J connectivity index is 1.48. The third kappa shape index (κ3) is 3.39. The first-order chi connectivity index (χ1) is 12.6. The maximum atomic E-state index is 14.1. The molecule has 9 heteroatoms. The fourth-order valence-electron chi connectivity index (χ4n) is 2.97. The Morgan fingerprint density at radius 1 is 1.00 bits per heavy atom. The van der Waals surface area contributed by atoms with E-state index in [-0.39, 0.29) is 5.82 Å². The minimum Gasteiger partial charge on any atom is -0.353 e. The maximum absolute atomic E-state index is 14.1. The molecule has 4 rings (SSSR count). The normalized spacial score (nSPS) is 14.7. The lowest BCUT2D eigenvalue weighted by Gasteiger charge is -2.36. The minimum atomic E-state index is -0.314. The smallest absolute Gasteiger partial charge is 0.166 e. The number of aromatic nitrogens is 5. The fraction of sp³-hybridized carbons (Fsp3) is 0.294. The average molecular weight is 418 g/mol. The number of piperazine rings is 1. The van der Waals surface area contributed by atoms with Gasteiger partial charge in [0.05, 0.1) is 5.69 Å². The average Bonchev–Trinajstić information content (AvgIpc) is 3.09. The van der Waals surface area contributed by atoms with Gasteiger partial charge in [0.1, 0.15) is 12.1 Å². The number of nitrogens with zero attached hydrogens (tertiary/aromatic N) is 7. The molecule has 0 bridgehead atoms. The van der Waals surface area contributed by atoms with Gasteiger partial charge < -0.3 is 9.80 Å². The summed E-state index contributed by atoms with van der Waals surface area (Å²) in [6.07, 6.45) is 5.04. The summed E-state index contributed by atoms with van der Waals surface area (Å²) in [5, 5.41) is 4.38. The Morgan fingerprint density at radius 3 is 2.42 bits per heavy atom. The van der Waals surface area contributed by atoms with Crippen molar-refractivity contribution >= 4 is 27.6 Å². The summed E-state index contributed by atoms with van der Waals surface area (Å²) in [5.74, 6) is 1.65. The second-order valence-electron chi connectivity index (χ2n) is 6.07. The van der Waals surface area contributed by atoms with Gasteiger partial charge in [0.15, 0.2) is 17.5 Å². The molecular weight excluding hydrogens is 401 g/mol. The van der Waals surface area contributed by atoms with Crippen LogP contribution >= 0.6 is 15.9 Å². The number of pyridine rings is 1. The first-order valence-electron chi connectivity index (χ1n) is 8.26. The lowest BCUT2D eigenvalue weighted by atomic mass is 10.3. The van der Waals surface area contributed by atoms with E-state index in [1.807, 2.05) is 30.2 Å². The van der Waals surface area contributed by atoms with Crippen molar-refractivity contribution in [3.63, 3.8) is 0 Å². The van der Waals surface area contributed by atoms with E-state index < -0.39 is 0 Å². The van der Waals surface area contributed by atoms with Gasteiger partial charge >= 0.3 is 0 Å². The molecule has 26 heavy (non-hydrogen) atoms. The number of halogens is 2. The van der Waals surface area contributed by atoms with Crippen molar-refractivity contribution in [1.82, 2.24) is 24.7 Å². The summed E-state index contributed by atoms with van der Waals surface area (Å²) in [4.78, 5) is 17.0. The quantitative estimate of drug-likeness (QED) is 0.652. The van der Waals surface area contributed by atoms with Crippen LogP contribution in [0.25, 0.3) is 5.82 Å². The van der Waals surface area contributed by atoms with Gasteiger partial charge in [0, 0.05) is 49.1 Å². The van der Waals surface area contributed by atoms with Crippen LogP contribution < -0.4 is 9.80 Å². The lowest BCUT2D eigenvalue weighted by Crippen LogP contribution is -2.47. The van der Waals surface area contributed by atoms with Crippen LogP contribution in [-0.4, -0.2) is 50.9 Å². The van der Waals surface area contributed by atoms with Crippen molar-refractivity contribution in [3.05, 3.63) is 52.9 Å². The molecular formula is C17H17BrFN7. The van der Waals surface area contributed by atoms with Crippen LogP contribution in [0.5, 0.6) is 0 Å². The van der Waals surface area contributed by atoms with Crippen LogP contribution in [0.2, 0.25) is 0 Å². The molecule has 0 spiro atoms. The molecule has 7 nitrogen and oxygen atoms in total.